The zero-order valence-corrected chi connectivity index (χ0v) is 14.1. The first-order chi connectivity index (χ1) is 12.6. The molecule has 130 valence electrons. The summed E-state index contributed by atoms with van der Waals surface area (Å²) in [6, 6.07) is 7.93. The Labute approximate surface area is 149 Å². The van der Waals surface area contributed by atoms with Crippen LogP contribution < -0.4 is 5.32 Å². The number of rotatable bonds is 5. The molecule has 1 amide bonds. The van der Waals surface area contributed by atoms with Crippen molar-refractivity contribution in [3.63, 3.8) is 0 Å². The highest BCUT2D eigenvalue weighted by Gasteiger charge is 2.17. The Kier molecular flexibility index (Phi) is 4.98. The van der Waals surface area contributed by atoms with Crippen molar-refractivity contribution in [1.29, 1.82) is 0 Å². The highest BCUT2D eigenvalue weighted by Crippen LogP contribution is 2.23. The Balaban J connectivity index is 1.91. The molecule has 26 heavy (non-hydrogen) atoms. The summed E-state index contributed by atoms with van der Waals surface area (Å²) in [6.45, 7) is 5.60. The van der Waals surface area contributed by atoms with Gasteiger partial charge in [0, 0.05) is 41.6 Å². The van der Waals surface area contributed by atoms with Crippen LogP contribution in [0.2, 0.25) is 0 Å². The van der Waals surface area contributed by atoms with Gasteiger partial charge in [-0.1, -0.05) is 24.8 Å². The van der Waals surface area contributed by atoms with Gasteiger partial charge in [0.05, 0.1) is 6.20 Å². The monoisotopic (exact) mass is 349 g/mol. The van der Waals surface area contributed by atoms with E-state index in [1.54, 1.807) is 49.8 Å². The summed E-state index contributed by atoms with van der Waals surface area (Å²) in [5.74, 6) is -0.871. The fourth-order valence-electron chi connectivity index (χ4n) is 2.40. The molecule has 0 saturated carbocycles. The van der Waals surface area contributed by atoms with E-state index in [1.807, 2.05) is 0 Å². The minimum absolute atomic E-state index is 0.223. The third-order valence-corrected chi connectivity index (χ3v) is 3.63. The number of carbonyl (C=O) groups is 1. The van der Waals surface area contributed by atoms with Gasteiger partial charge in [-0.05, 0) is 19.1 Å². The van der Waals surface area contributed by atoms with Gasteiger partial charge in [0.15, 0.2) is 5.65 Å². The predicted molar refractivity (Wildman–Crippen MR) is 98.1 cm³/mol. The summed E-state index contributed by atoms with van der Waals surface area (Å²) >= 11 is 0. The molecule has 7 heteroatoms. The largest absolute Gasteiger partial charge is 0.322 e. The van der Waals surface area contributed by atoms with Gasteiger partial charge in [-0.15, -0.1) is 0 Å². The molecule has 3 rings (SSSR count). The number of fused-ring (bicyclic) bond motifs is 1. The van der Waals surface area contributed by atoms with Gasteiger partial charge >= 0.3 is 0 Å². The highest BCUT2D eigenvalue weighted by molar-refractivity contribution is 6.02. The van der Waals surface area contributed by atoms with Crippen LogP contribution in [0.5, 0.6) is 0 Å². The number of carbonyl (C=O) groups excluding carboxylic acids is 1. The van der Waals surface area contributed by atoms with Crippen molar-refractivity contribution in [2.24, 2.45) is 4.99 Å². The van der Waals surface area contributed by atoms with E-state index in [4.69, 9.17) is 0 Å². The number of nitrogens with zero attached hydrogens (tertiary/aromatic N) is 4. The van der Waals surface area contributed by atoms with Gasteiger partial charge < -0.3 is 5.32 Å². The van der Waals surface area contributed by atoms with E-state index in [0.717, 1.165) is 0 Å². The SMILES string of the molecule is C=C(NC(=O)c1cnn2cccnc12)/C(=C\N=CC)c1ccccc1F. The van der Waals surface area contributed by atoms with Crippen LogP contribution in [0, 0.1) is 5.82 Å². The maximum Gasteiger partial charge on any atom is 0.261 e. The molecule has 0 aliphatic heterocycles. The molecule has 0 atom stereocenters. The summed E-state index contributed by atoms with van der Waals surface area (Å²) in [6.07, 6.45) is 7.69. The maximum atomic E-state index is 14.2. The van der Waals surface area contributed by atoms with E-state index in [9.17, 15) is 9.18 Å². The lowest BCUT2D eigenvalue weighted by atomic mass is 10.0. The van der Waals surface area contributed by atoms with Crippen LogP contribution in [0.1, 0.15) is 22.8 Å². The standard InChI is InChI=1S/C19H16FN5O/c1-3-21-11-15(14-7-4-5-8-17(14)20)13(2)24-19(26)16-12-23-25-10-6-9-22-18(16)25/h3-12H,2H2,1H3,(H,24,26)/b15-11+,21-3?. The smallest absolute Gasteiger partial charge is 0.261 e. The van der Waals surface area contributed by atoms with Crippen molar-refractivity contribution in [2.75, 3.05) is 0 Å². The van der Waals surface area contributed by atoms with E-state index in [1.165, 1.54) is 23.0 Å². The second kappa shape index (κ2) is 7.52. The fraction of sp³-hybridized carbons (Fsp3) is 0.0526. The first kappa shape index (κ1) is 17.2. The van der Waals surface area contributed by atoms with Crippen molar-refractivity contribution in [3.8, 4) is 0 Å². The molecule has 1 N–H and O–H groups in total. The van der Waals surface area contributed by atoms with E-state index >= 15 is 0 Å². The van der Waals surface area contributed by atoms with Crippen LogP contribution in [0.4, 0.5) is 4.39 Å². The topological polar surface area (TPSA) is 71.7 Å². The lowest BCUT2D eigenvalue weighted by Gasteiger charge is -2.12. The summed E-state index contributed by atoms with van der Waals surface area (Å²) in [5, 5.41) is 6.75. The summed E-state index contributed by atoms with van der Waals surface area (Å²) in [4.78, 5) is 20.8. The van der Waals surface area contributed by atoms with Crippen LogP contribution in [0.15, 0.2) is 72.4 Å². The van der Waals surface area contributed by atoms with E-state index < -0.39 is 11.7 Å². The van der Waals surface area contributed by atoms with E-state index in [2.05, 4.69) is 27.0 Å². The number of aromatic nitrogens is 3. The molecule has 2 heterocycles. The molecule has 0 unspecified atom stereocenters. The molecule has 3 aromatic rings. The van der Waals surface area contributed by atoms with Gasteiger partial charge in [-0.25, -0.2) is 13.9 Å². The van der Waals surface area contributed by atoms with Crippen LogP contribution in [-0.4, -0.2) is 26.7 Å². The fourth-order valence-corrected chi connectivity index (χ4v) is 2.40. The lowest BCUT2D eigenvalue weighted by Crippen LogP contribution is -2.23. The summed E-state index contributed by atoms with van der Waals surface area (Å²) in [7, 11) is 0. The minimum Gasteiger partial charge on any atom is -0.322 e. The Morgan fingerprint density at radius 1 is 1.31 bits per heavy atom. The Hall–Kier alpha value is -3.61. The van der Waals surface area contributed by atoms with Crippen molar-refractivity contribution in [1.82, 2.24) is 19.9 Å². The number of hydrogen-bond acceptors (Lipinski definition) is 4. The van der Waals surface area contributed by atoms with Crippen molar-refractivity contribution >= 4 is 23.3 Å². The molecule has 2 aromatic heterocycles. The van der Waals surface area contributed by atoms with Gasteiger partial charge in [0.25, 0.3) is 5.91 Å². The number of amides is 1. The second-order valence-electron chi connectivity index (χ2n) is 5.31. The molecule has 0 fully saturated rings. The molecule has 0 bridgehead atoms. The lowest BCUT2D eigenvalue weighted by molar-refractivity contribution is 0.0969. The van der Waals surface area contributed by atoms with Gasteiger partial charge in [0.1, 0.15) is 11.4 Å². The molecule has 0 spiro atoms. The Bertz CT molecular complexity index is 1040. The van der Waals surface area contributed by atoms with Crippen LogP contribution >= 0.6 is 0 Å². The average molecular weight is 349 g/mol. The Morgan fingerprint density at radius 2 is 2.12 bits per heavy atom. The van der Waals surface area contributed by atoms with E-state index in [-0.39, 0.29) is 5.70 Å². The molecule has 0 radical (unpaired) electrons. The number of halogens is 1. The van der Waals surface area contributed by atoms with Crippen LogP contribution in [0.25, 0.3) is 11.2 Å². The molecule has 1 aromatic carbocycles. The second-order valence-corrected chi connectivity index (χ2v) is 5.31. The first-order valence-electron chi connectivity index (χ1n) is 7.83. The van der Waals surface area contributed by atoms with Gasteiger partial charge in [0.2, 0.25) is 0 Å². The van der Waals surface area contributed by atoms with Crippen molar-refractivity contribution in [2.45, 2.75) is 6.92 Å². The van der Waals surface area contributed by atoms with Crippen LogP contribution in [-0.2, 0) is 0 Å². The number of nitrogens with one attached hydrogen (secondary N) is 1. The normalized spacial score (nSPS) is 11.8. The van der Waals surface area contributed by atoms with E-state index in [0.29, 0.717) is 22.3 Å². The number of aliphatic imine (C=N–C) groups is 1. The van der Waals surface area contributed by atoms with Crippen molar-refractivity contribution < 1.29 is 9.18 Å². The summed E-state index contributed by atoms with van der Waals surface area (Å²) in [5.41, 5.74) is 1.60. The Morgan fingerprint density at radius 3 is 2.88 bits per heavy atom. The predicted octanol–water partition coefficient (Wildman–Crippen LogP) is 3.24. The maximum absolute atomic E-state index is 14.2. The number of benzene rings is 1. The van der Waals surface area contributed by atoms with Gasteiger partial charge in [-0.3, -0.25) is 9.79 Å². The zero-order valence-electron chi connectivity index (χ0n) is 14.1. The quantitative estimate of drug-likeness (QED) is 0.568. The number of allylic oxidation sites excluding steroid dienone is 1. The average Bonchev–Trinajstić information content (AvgIpc) is 3.07. The first-order valence-corrected chi connectivity index (χ1v) is 7.83. The molecular weight excluding hydrogens is 333 g/mol. The number of hydrogen-bond donors (Lipinski definition) is 1. The summed E-state index contributed by atoms with van der Waals surface area (Å²) < 4.78 is 15.7. The van der Waals surface area contributed by atoms with Crippen LogP contribution in [0.3, 0.4) is 0 Å². The molecule has 0 aliphatic carbocycles. The zero-order chi connectivity index (χ0) is 18.5. The molecule has 0 aliphatic rings. The molecular formula is C19H16FN5O. The van der Waals surface area contributed by atoms with Crippen molar-refractivity contribution in [3.05, 3.63) is 84.3 Å². The highest BCUT2D eigenvalue weighted by atomic mass is 19.1. The third-order valence-electron chi connectivity index (χ3n) is 3.63. The van der Waals surface area contributed by atoms with Gasteiger partial charge in [-0.2, -0.15) is 5.10 Å². The molecule has 6 nitrogen and oxygen atoms in total. The minimum atomic E-state index is -0.439. The molecule has 0 saturated heterocycles. The third kappa shape index (κ3) is 3.41.